The molecule has 0 radical (unpaired) electrons. The Kier molecular flexibility index (Phi) is 2.82. The number of allylic oxidation sites excluding steroid dienone is 1. The van der Waals surface area contributed by atoms with Crippen LogP contribution in [0.5, 0.6) is 0 Å². The van der Waals surface area contributed by atoms with Gasteiger partial charge in [0.1, 0.15) is 12.6 Å². The van der Waals surface area contributed by atoms with E-state index in [1.807, 2.05) is 0 Å². The van der Waals surface area contributed by atoms with Crippen molar-refractivity contribution in [1.82, 2.24) is 20.9 Å². The third-order valence-corrected chi connectivity index (χ3v) is 2.49. The molecule has 2 aliphatic heterocycles. The Morgan fingerprint density at radius 3 is 2.81 bits per heavy atom. The number of nitrogens with zero attached hydrogens (tertiary/aromatic N) is 2. The largest absolute Gasteiger partial charge is 0.396 e. The van der Waals surface area contributed by atoms with Crippen LogP contribution >= 0.6 is 0 Å². The fourth-order valence-corrected chi connectivity index (χ4v) is 1.70. The Labute approximate surface area is 92.6 Å². The minimum Gasteiger partial charge on any atom is -0.396 e. The van der Waals surface area contributed by atoms with E-state index in [1.165, 1.54) is 10.0 Å². The van der Waals surface area contributed by atoms with Crippen molar-refractivity contribution < 1.29 is 15.0 Å². The lowest BCUT2D eigenvalue weighted by atomic mass is 10.1. The minimum atomic E-state index is -0.233. The van der Waals surface area contributed by atoms with Crippen LogP contribution in [0.25, 0.3) is 0 Å². The average molecular weight is 226 g/mol. The van der Waals surface area contributed by atoms with Crippen molar-refractivity contribution in [3.63, 3.8) is 0 Å². The predicted octanol–water partition coefficient (Wildman–Crippen LogP) is -1.44. The SMILES string of the molecule is CC1=C(CCO)C(=O)N2NN(CO)C=C2N1. The Morgan fingerprint density at radius 1 is 1.44 bits per heavy atom. The van der Waals surface area contributed by atoms with Gasteiger partial charge in [-0.15, -0.1) is 5.53 Å². The highest BCUT2D eigenvalue weighted by Crippen LogP contribution is 2.22. The van der Waals surface area contributed by atoms with Crippen LogP contribution in [-0.2, 0) is 4.79 Å². The van der Waals surface area contributed by atoms with E-state index in [0.717, 1.165) is 5.70 Å². The summed E-state index contributed by atoms with van der Waals surface area (Å²) in [4.78, 5) is 12.0. The van der Waals surface area contributed by atoms with Crippen LogP contribution in [0.1, 0.15) is 13.3 Å². The van der Waals surface area contributed by atoms with Gasteiger partial charge in [-0.25, -0.2) is 5.01 Å². The van der Waals surface area contributed by atoms with Crippen molar-refractivity contribution in [2.45, 2.75) is 13.3 Å². The molecule has 0 bridgehead atoms. The van der Waals surface area contributed by atoms with Crippen molar-refractivity contribution in [2.24, 2.45) is 0 Å². The zero-order valence-electron chi connectivity index (χ0n) is 8.90. The Morgan fingerprint density at radius 2 is 2.19 bits per heavy atom. The summed E-state index contributed by atoms with van der Waals surface area (Å²) >= 11 is 0. The average Bonchev–Trinajstić information content (AvgIpc) is 2.67. The van der Waals surface area contributed by atoms with E-state index in [9.17, 15) is 4.79 Å². The number of hydrogen-bond acceptors (Lipinski definition) is 6. The van der Waals surface area contributed by atoms with Gasteiger partial charge in [0.25, 0.3) is 5.91 Å². The molecule has 2 aliphatic rings. The molecule has 0 unspecified atom stereocenters. The van der Waals surface area contributed by atoms with Crippen LogP contribution in [0.3, 0.4) is 0 Å². The van der Waals surface area contributed by atoms with Crippen molar-refractivity contribution in [3.05, 3.63) is 23.3 Å². The van der Waals surface area contributed by atoms with Gasteiger partial charge < -0.3 is 15.5 Å². The van der Waals surface area contributed by atoms with Crippen LogP contribution in [-0.4, -0.2) is 39.5 Å². The van der Waals surface area contributed by atoms with Crippen LogP contribution in [0.4, 0.5) is 0 Å². The minimum absolute atomic E-state index is 0.0727. The normalized spacial score (nSPS) is 19.9. The van der Waals surface area contributed by atoms with Crippen molar-refractivity contribution in [3.8, 4) is 0 Å². The van der Waals surface area contributed by atoms with Gasteiger partial charge in [0.2, 0.25) is 0 Å². The number of amides is 1. The quantitative estimate of drug-likeness (QED) is 0.471. The number of fused-ring (bicyclic) bond motifs is 1. The maximum Gasteiger partial charge on any atom is 0.273 e. The smallest absolute Gasteiger partial charge is 0.273 e. The van der Waals surface area contributed by atoms with Gasteiger partial charge in [-0.05, 0) is 6.92 Å². The fraction of sp³-hybridized carbons (Fsp3) is 0.444. The van der Waals surface area contributed by atoms with Gasteiger partial charge in [0, 0.05) is 24.3 Å². The molecule has 1 amide bonds. The maximum absolute atomic E-state index is 12.0. The van der Waals surface area contributed by atoms with Gasteiger partial charge in [0.15, 0.2) is 0 Å². The predicted molar refractivity (Wildman–Crippen MR) is 54.5 cm³/mol. The molecule has 0 atom stereocenters. The molecule has 0 saturated heterocycles. The van der Waals surface area contributed by atoms with Crippen LogP contribution in [0.15, 0.2) is 23.3 Å². The summed E-state index contributed by atoms with van der Waals surface area (Å²) in [5, 5.41) is 23.5. The number of carbonyl (C=O) groups is 1. The standard InChI is InChI=1S/C9H14N4O3/c1-6-7(2-3-14)9(16)13-8(10-6)4-12(5-15)11-13/h4,10-11,14-15H,2-3,5H2,1H3. The van der Waals surface area contributed by atoms with Crippen LogP contribution in [0.2, 0.25) is 0 Å². The molecule has 0 aromatic carbocycles. The van der Waals surface area contributed by atoms with E-state index < -0.39 is 0 Å². The van der Waals surface area contributed by atoms with E-state index in [0.29, 0.717) is 17.8 Å². The number of hydrogen-bond donors (Lipinski definition) is 4. The molecule has 0 aromatic rings. The highest BCUT2D eigenvalue weighted by Gasteiger charge is 2.33. The fourth-order valence-electron chi connectivity index (χ4n) is 1.70. The molecule has 88 valence electrons. The van der Waals surface area contributed by atoms with E-state index in [2.05, 4.69) is 10.9 Å². The second-order valence-corrected chi connectivity index (χ2v) is 3.57. The van der Waals surface area contributed by atoms with Crippen molar-refractivity contribution in [2.75, 3.05) is 13.3 Å². The molecule has 2 heterocycles. The van der Waals surface area contributed by atoms with E-state index >= 15 is 0 Å². The second kappa shape index (κ2) is 4.12. The molecule has 0 aromatic heterocycles. The first-order valence-electron chi connectivity index (χ1n) is 4.95. The molecule has 7 heteroatoms. The molecule has 0 saturated carbocycles. The monoisotopic (exact) mass is 226 g/mol. The number of hydrazine groups is 2. The van der Waals surface area contributed by atoms with Crippen molar-refractivity contribution >= 4 is 5.91 Å². The second-order valence-electron chi connectivity index (χ2n) is 3.57. The zero-order chi connectivity index (χ0) is 11.7. The van der Waals surface area contributed by atoms with E-state index in [1.54, 1.807) is 13.1 Å². The molecule has 16 heavy (non-hydrogen) atoms. The molecule has 0 fully saturated rings. The lowest BCUT2D eigenvalue weighted by Crippen LogP contribution is -2.49. The molecule has 0 aliphatic carbocycles. The Hall–Kier alpha value is -1.57. The summed E-state index contributed by atoms with van der Waals surface area (Å²) in [6.45, 7) is 1.47. The molecule has 0 spiro atoms. The Bertz CT molecular complexity index is 377. The van der Waals surface area contributed by atoms with Gasteiger partial charge >= 0.3 is 0 Å². The first-order valence-corrected chi connectivity index (χ1v) is 4.95. The third-order valence-electron chi connectivity index (χ3n) is 2.49. The summed E-state index contributed by atoms with van der Waals surface area (Å²) < 4.78 is 0. The van der Waals surface area contributed by atoms with Gasteiger partial charge in [-0.1, -0.05) is 0 Å². The Balaban J connectivity index is 2.23. The summed E-state index contributed by atoms with van der Waals surface area (Å²) in [5.41, 5.74) is 3.96. The topological polar surface area (TPSA) is 88.1 Å². The highest BCUT2D eigenvalue weighted by molar-refractivity contribution is 5.96. The number of aliphatic hydroxyl groups is 2. The summed E-state index contributed by atoms with van der Waals surface area (Å²) in [6, 6.07) is 0. The maximum atomic E-state index is 12.0. The van der Waals surface area contributed by atoms with Crippen LogP contribution < -0.4 is 10.9 Å². The summed E-state index contributed by atoms with van der Waals surface area (Å²) in [6.07, 6.45) is 1.90. The number of carbonyl (C=O) groups excluding carboxylic acids is 1. The molecule has 2 rings (SSSR count). The lowest BCUT2D eigenvalue weighted by Gasteiger charge is -2.28. The summed E-state index contributed by atoms with van der Waals surface area (Å²) in [7, 11) is 0. The first-order chi connectivity index (χ1) is 7.67. The first kappa shape index (κ1) is 10.9. The number of rotatable bonds is 3. The van der Waals surface area contributed by atoms with Crippen LogP contribution in [0, 0.1) is 0 Å². The van der Waals surface area contributed by atoms with Crippen molar-refractivity contribution in [1.29, 1.82) is 0 Å². The lowest BCUT2D eigenvalue weighted by molar-refractivity contribution is -0.131. The third kappa shape index (κ3) is 1.64. The number of aliphatic hydroxyl groups excluding tert-OH is 2. The highest BCUT2D eigenvalue weighted by atomic mass is 16.3. The molecule has 7 nitrogen and oxygen atoms in total. The van der Waals surface area contributed by atoms with Gasteiger partial charge in [0.05, 0.1) is 6.20 Å². The number of nitrogens with one attached hydrogen (secondary N) is 2. The van der Waals surface area contributed by atoms with E-state index in [-0.39, 0.29) is 19.2 Å². The van der Waals surface area contributed by atoms with E-state index in [4.69, 9.17) is 10.2 Å². The van der Waals surface area contributed by atoms with Gasteiger partial charge in [-0.2, -0.15) is 0 Å². The molecular weight excluding hydrogens is 212 g/mol. The molecular formula is C9H14N4O3. The molecule has 4 N–H and O–H groups in total. The summed E-state index contributed by atoms with van der Waals surface area (Å²) in [5.74, 6) is 0.353. The van der Waals surface area contributed by atoms with Gasteiger partial charge in [-0.3, -0.25) is 9.80 Å². The zero-order valence-corrected chi connectivity index (χ0v) is 8.90.